The lowest BCUT2D eigenvalue weighted by Gasteiger charge is -2.17. The molecule has 6 rings (SSSR count). The molecule has 5 heterocycles. The summed E-state index contributed by atoms with van der Waals surface area (Å²) in [6, 6.07) is 0. The maximum atomic E-state index is 13.9. The molecule has 8 bridgehead atoms. The minimum Gasteiger partial charge on any atom is -0.515 e. The van der Waals surface area contributed by atoms with Crippen molar-refractivity contribution >= 4 is 34.9 Å². The highest BCUT2D eigenvalue weighted by Crippen LogP contribution is 2.45. The average molecular weight is 593 g/mol. The molecule has 5 aliphatic heterocycles. The Morgan fingerprint density at radius 3 is 2.64 bits per heavy atom. The Hall–Kier alpha value is -5.12. The summed E-state index contributed by atoms with van der Waals surface area (Å²) in [5, 5.41) is 13.7. The van der Waals surface area contributed by atoms with Gasteiger partial charge in [-0.1, -0.05) is 19.6 Å². The predicted octanol–water partition coefficient (Wildman–Crippen LogP) is 4.74. The molecule has 0 radical (unpaired) electrons. The van der Waals surface area contributed by atoms with E-state index in [0.29, 0.717) is 81.5 Å². The van der Waals surface area contributed by atoms with Gasteiger partial charge in [0.2, 0.25) is 0 Å². The van der Waals surface area contributed by atoms with E-state index in [1.807, 2.05) is 38.2 Å². The van der Waals surface area contributed by atoms with E-state index >= 15 is 0 Å². The highest BCUT2D eigenvalue weighted by Gasteiger charge is 2.51. The van der Waals surface area contributed by atoms with Gasteiger partial charge in [0.15, 0.2) is 5.78 Å². The molecule has 44 heavy (non-hydrogen) atoms. The average Bonchev–Trinajstić information content (AvgIpc) is 3.78. The zero-order valence-corrected chi connectivity index (χ0v) is 25.0. The number of carbonyl (C=O) groups excluding carboxylic acids is 3. The summed E-state index contributed by atoms with van der Waals surface area (Å²) >= 11 is 0. The van der Waals surface area contributed by atoms with Gasteiger partial charge < -0.3 is 19.9 Å². The highest BCUT2D eigenvalue weighted by atomic mass is 16.5. The molecule has 10 nitrogen and oxygen atoms in total. The lowest BCUT2D eigenvalue weighted by atomic mass is 9.91. The van der Waals surface area contributed by atoms with E-state index in [9.17, 15) is 19.5 Å². The number of nitrogens with one attached hydrogen (secondary N) is 1. The molecule has 0 spiro atoms. The number of rotatable bonds is 6. The molecule has 0 aromatic rings. The fourth-order valence-corrected chi connectivity index (χ4v) is 6.46. The molecule has 6 aliphatic rings. The molecule has 1 unspecified atom stereocenters. The van der Waals surface area contributed by atoms with Gasteiger partial charge in [0.05, 0.1) is 54.2 Å². The molecule has 2 fully saturated rings. The molecular formula is C34H32N4O6. The van der Waals surface area contributed by atoms with Gasteiger partial charge in [-0.25, -0.2) is 15.0 Å². The first kappa shape index (κ1) is 29.0. The van der Waals surface area contributed by atoms with Crippen LogP contribution in [0.5, 0.6) is 0 Å². The van der Waals surface area contributed by atoms with Crippen LogP contribution in [-0.4, -0.2) is 53.7 Å². The molecule has 0 aromatic carbocycles. The first-order chi connectivity index (χ1) is 21.2. The molecule has 2 N–H and O–H groups in total. The third-order valence-electron chi connectivity index (χ3n) is 8.52. The van der Waals surface area contributed by atoms with Gasteiger partial charge in [0, 0.05) is 46.5 Å². The van der Waals surface area contributed by atoms with Crippen molar-refractivity contribution in [2.24, 2.45) is 26.8 Å². The van der Waals surface area contributed by atoms with Crippen LogP contribution in [0.4, 0.5) is 0 Å². The summed E-state index contributed by atoms with van der Waals surface area (Å²) in [6.45, 7) is 9.27. The summed E-state index contributed by atoms with van der Waals surface area (Å²) in [5.41, 5.74) is 8.63. The first-order valence-corrected chi connectivity index (χ1v) is 14.5. The van der Waals surface area contributed by atoms with Crippen LogP contribution in [0, 0.1) is 11.8 Å². The smallest absolute Gasteiger partial charge is 0.321 e. The summed E-state index contributed by atoms with van der Waals surface area (Å²) in [5.74, 6) is -2.81. The lowest BCUT2D eigenvalue weighted by molar-refractivity contribution is -0.146. The van der Waals surface area contributed by atoms with E-state index in [0.717, 1.165) is 23.1 Å². The fourth-order valence-electron chi connectivity index (χ4n) is 6.46. The van der Waals surface area contributed by atoms with Gasteiger partial charge in [-0.15, -0.1) is 0 Å². The van der Waals surface area contributed by atoms with Gasteiger partial charge in [0.1, 0.15) is 5.92 Å². The van der Waals surface area contributed by atoms with Crippen LogP contribution in [0.25, 0.3) is 0 Å². The van der Waals surface area contributed by atoms with Gasteiger partial charge in [-0.2, -0.15) is 0 Å². The number of allylic oxidation sites excluding steroid dienone is 11. The number of ketones is 1. The Morgan fingerprint density at radius 2 is 1.95 bits per heavy atom. The number of nitrogens with zero attached hydrogens (tertiary/aromatic N) is 3. The van der Waals surface area contributed by atoms with E-state index in [4.69, 9.17) is 24.5 Å². The van der Waals surface area contributed by atoms with Gasteiger partial charge >= 0.3 is 11.9 Å². The van der Waals surface area contributed by atoms with E-state index in [1.54, 1.807) is 6.08 Å². The lowest BCUT2D eigenvalue weighted by Crippen LogP contribution is -2.26. The van der Waals surface area contributed by atoms with E-state index < -0.39 is 11.9 Å². The number of hydrogen-bond donors (Lipinski definition) is 2. The number of ether oxygens (including phenoxy) is 2. The highest BCUT2D eigenvalue weighted by molar-refractivity contribution is 6.42. The third kappa shape index (κ3) is 4.67. The zero-order chi connectivity index (χ0) is 31.3. The topological polar surface area (TPSA) is 139 Å². The minimum atomic E-state index is -1.18. The molecule has 1 saturated heterocycles. The largest absolute Gasteiger partial charge is 0.515 e. The Morgan fingerprint density at radius 1 is 1.16 bits per heavy atom. The zero-order valence-electron chi connectivity index (χ0n) is 25.0. The maximum absolute atomic E-state index is 13.9. The van der Waals surface area contributed by atoms with Crippen LogP contribution in [-0.2, 0) is 23.9 Å². The van der Waals surface area contributed by atoms with Crippen LogP contribution in [0.3, 0.4) is 0 Å². The first-order valence-electron chi connectivity index (χ1n) is 14.5. The fraction of sp³-hybridized carbons (Fsp3) is 0.294. The van der Waals surface area contributed by atoms with Gasteiger partial charge in [0.25, 0.3) is 0 Å². The SMILES string of the molecule is C=CC1=CC2=NC1=CC1=NC(=C(CC)C1=CO)C=C1N=C3C(=C1C)C(=O)C(C(=O)OC)C3=C1NC(=C2)C[C@@H]1CCOC(C)=O. The van der Waals surface area contributed by atoms with E-state index in [2.05, 4.69) is 11.9 Å². The van der Waals surface area contributed by atoms with Crippen molar-refractivity contribution in [3.63, 3.8) is 0 Å². The van der Waals surface area contributed by atoms with Crippen LogP contribution in [0.1, 0.15) is 40.0 Å². The van der Waals surface area contributed by atoms with E-state index in [1.165, 1.54) is 14.0 Å². The number of aliphatic hydroxyl groups excluding tert-OH is 1. The second-order valence-corrected chi connectivity index (χ2v) is 11.1. The molecule has 10 heteroatoms. The quantitative estimate of drug-likeness (QED) is 0.258. The molecular weight excluding hydrogens is 560 g/mol. The van der Waals surface area contributed by atoms with Crippen molar-refractivity contribution in [2.45, 2.75) is 40.0 Å². The Kier molecular flexibility index (Phi) is 7.36. The molecule has 0 aromatic heterocycles. The molecule has 0 amide bonds. The van der Waals surface area contributed by atoms with Crippen LogP contribution in [0.2, 0.25) is 0 Å². The number of fused-ring (bicyclic) bond motifs is 5. The number of esters is 2. The van der Waals surface area contributed by atoms with Gasteiger partial charge in [-0.05, 0) is 61.6 Å². The number of aliphatic imine (C=N–C) groups is 3. The number of carbonyl (C=O) groups is 3. The van der Waals surface area contributed by atoms with Crippen LogP contribution < -0.4 is 5.32 Å². The van der Waals surface area contributed by atoms with Crippen molar-refractivity contribution in [1.82, 2.24) is 5.32 Å². The van der Waals surface area contributed by atoms with Crippen molar-refractivity contribution in [1.29, 1.82) is 0 Å². The predicted molar refractivity (Wildman–Crippen MR) is 166 cm³/mol. The summed E-state index contributed by atoms with van der Waals surface area (Å²) in [7, 11) is 1.26. The summed E-state index contributed by atoms with van der Waals surface area (Å²) in [6.07, 6.45) is 11.8. The molecule has 224 valence electrons. The third-order valence-corrected chi connectivity index (χ3v) is 8.52. The van der Waals surface area contributed by atoms with Crippen molar-refractivity contribution in [2.75, 3.05) is 13.7 Å². The van der Waals surface area contributed by atoms with Gasteiger partial charge in [-0.3, -0.25) is 14.4 Å². The molecule has 2 atom stereocenters. The Bertz CT molecular complexity index is 1800. The summed E-state index contributed by atoms with van der Waals surface area (Å²) < 4.78 is 10.4. The minimum absolute atomic E-state index is 0.172. The number of hydrogen-bond acceptors (Lipinski definition) is 10. The van der Waals surface area contributed by atoms with Crippen LogP contribution >= 0.6 is 0 Å². The van der Waals surface area contributed by atoms with Crippen LogP contribution in [0.15, 0.2) is 120 Å². The second kappa shape index (κ2) is 11.2. The summed E-state index contributed by atoms with van der Waals surface area (Å²) in [4.78, 5) is 53.2. The normalized spacial score (nSPS) is 24.5. The second-order valence-electron chi connectivity index (χ2n) is 11.1. The van der Waals surface area contributed by atoms with Crippen molar-refractivity contribution in [3.05, 3.63) is 105 Å². The maximum Gasteiger partial charge on any atom is 0.321 e. The van der Waals surface area contributed by atoms with Crippen molar-refractivity contribution in [3.8, 4) is 0 Å². The molecule has 1 aliphatic carbocycles. The Balaban J connectivity index is 1.62. The molecule has 1 saturated carbocycles. The van der Waals surface area contributed by atoms with Crippen molar-refractivity contribution < 1.29 is 29.0 Å². The number of methoxy groups -OCH3 is 1. The van der Waals surface area contributed by atoms with E-state index in [-0.39, 0.29) is 24.3 Å². The monoisotopic (exact) mass is 592 g/mol. The number of Topliss-reactive ketones (excluding diaryl/α,β-unsaturated/α-hetero) is 1. The Labute approximate surface area is 254 Å². The standard InChI is InChI=1S/C34H32N4O6/c1-6-18-10-20-12-21-11-19(8-9-44-17(4)40)31(36-21)29-30(34(42)43-5)33(41)28-16(3)24(38-32(28)29)13-26-22(7-2)23(15-39)27(37-26)14-25(18)35-20/h6,10,12-15,19,30,36,39H,1,7-9,11H2,2-5H3/t19-,30?/m0/s1. The number of aliphatic hydroxyl groups is 1.